The average Bonchev–Trinajstić information content (AvgIpc) is 2.93. The molecule has 0 aliphatic carbocycles. The van der Waals surface area contributed by atoms with E-state index >= 15 is 0 Å². The predicted octanol–water partition coefficient (Wildman–Crippen LogP) is 2.31. The number of nitrogens with two attached hydrogens (primary N) is 1. The van der Waals surface area contributed by atoms with Crippen LogP contribution in [0.5, 0.6) is 0 Å². The number of rotatable bonds is 8. The molecule has 0 fully saturated rings. The molecule has 0 radical (unpaired) electrons. The highest BCUT2D eigenvalue weighted by Gasteiger charge is 2.17. The van der Waals surface area contributed by atoms with Gasteiger partial charge in [-0.05, 0) is 50.5 Å². The SMILES string of the molecule is CSCCC(N)C(=O)NC(C)Cc1cc(C)nn1-c1ccccc1. The molecule has 3 N–H and O–H groups in total. The van der Waals surface area contributed by atoms with E-state index in [9.17, 15) is 4.79 Å². The summed E-state index contributed by atoms with van der Waals surface area (Å²) in [5.74, 6) is 0.808. The first-order valence-electron chi connectivity index (χ1n) is 8.17. The van der Waals surface area contributed by atoms with E-state index in [0.717, 1.165) is 22.8 Å². The molecule has 2 rings (SSSR count). The molecule has 2 unspecified atom stereocenters. The molecule has 1 aromatic carbocycles. The van der Waals surface area contributed by atoms with Crippen LogP contribution < -0.4 is 11.1 Å². The summed E-state index contributed by atoms with van der Waals surface area (Å²) in [6.07, 6.45) is 3.41. The summed E-state index contributed by atoms with van der Waals surface area (Å²) >= 11 is 1.70. The Bertz CT molecular complexity index is 656. The van der Waals surface area contributed by atoms with Gasteiger partial charge in [0.15, 0.2) is 0 Å². The summed E-state index contributed by atoms with van der Waals surface area (Å²) in [4.78, 5) is 12.1. The van der Waals surface area contributed by atoms with Crippen molar-refractivity contribution in [2.75, 3.05) is 12.0 Å². The Balaban J connectivity index is 2.02. The van der Waals surface area contributed by atoms with E-state index in [1.54, 1.807) is 11.8 Å². The van der Waals surface area contributed by atoms with E-state index in [1.807, 2.05) is 55.1 Å². The molecular formula is C18H26N4OS. The zero-order chi connectivity index (χ0) is 17.5. The second-order valence-electron chi connectivity index (χ2n) is 6.03. The van der Waals surface area contributed by atoms with E-state index in [1.165, 1.54) is 0 Å². The lowest BCUT2D eigenvalue weighted by atomic mass is 10.1. The van der Waals surface area contributed by atoms with Gasteiger partial charge in [0.25, 0.3) is 0 Å². The molecule has 0 saturated heterocycles. The van der Waals surface area contributed by atoms with E-state index in [4.69, 9.17) is 5.73 Å². The second-order valence-corrected chi connectivity index (χ2v) is 7.01. The number of nitrogens with one attached hydrogen (secondary N) is 1. The highest BCUT2D eigenvalue weighted by molar-refractivity contribution is 7.98. The Morgan fingerprint density at radius 1 is 1.38 bits per heavy atom. The molecule has 130 valence electrons. The van der Waals surface area contributed by atoms with Gasteiger partial charge in [0.2, 0.25) is 5.91 Å². The molecule has 0 aliphatic rings. The van der Waals surface area contributed by atoms with Crippen LogP contribution in [-0.2, 0) is 11.2 Å². The lowest BCUT2D eigenvalue weighted by Crippen LogP contribution is -2.45. The number of hydrogen-bond donors (Lipinski definition) is 2. The third-order valence-corrected chi connectivity index (χ3v) is 4.42. The Labute approximate surface area is 148 Å². The number of carbonyl (C=O) groups is 1. The van der Waals surface area contributed by atoms with Gasteiger partial charge in [0.1, 0.15) is 0 Å². The molecule has 2 aromatic rings. The molecule has 0 spiro atoms. The fourth-order valence-electron chi connectivity index (χ4n) is 2.58. The van der Waals surface area contributed by atoms with Crippen molar-refractivity contribution in [1.82, 2.24) is 15.1 Å². The van der Waals surface area contributed by atoms with Crippen molar-refractivity contribution < 1.29 is 4.79 Å². The molecule has 1 aromatic heterocycles. The number of carbonyl (C=O) groups excluding carboxylic acids is 1. The Hall–Kier alpha value is -1.79. The fourth-order valence-corrected chi connectivity index (χ4v) is 3.07. The molecule has 2 atom stereocenters. The summed E-state index contributed by atoms with van der Waals surface area (Å²) < 4.78 is 1.94. The van der Waals surface area contributed by atoms with Crippen molar-refractivity contribution in [2.45, 2.75) is 38.8 Å². The third-order valence-electron chi connectivity index (χ3n) is 3.78. The van der Waals surface area contributed by atoms with Crippen LogP contribution in [0.1, 0.15) is 24.7 Å². The zero-order valence-corrected chi connectivity index (χ0v) is 15.3. The smallest absolute Gasteiger partial charge is 0.237 e. The van der Waals surface area contributed by atoms with Gasteiger partial charge < -0.3 is 11.1 Å². The van der Waals surface area contributed by atoms with Gasteiger partial charge in [-0.1, -0.05) is 18.2 Å². The van der Waals surface area contributed by atoms with Gasteiger partial charge in [-0.25, -0.2) is 4.68 Å². The number of aryl methyl sites for hydroxylation is 1. The van der Waals surface area contributed by atoms with Gasteiger partial charge in [-0.3, -0.25) is 4.79 Å². The Morgan fingerprint density at radius 3 is 2.75 bits per heavy atom. The molecule has 1 amide bonds. The number of hydrogen-bond acceptors (Lipinski definition) is 4. The maximum Gasteiger partial charge on any atom is 0.237 e. The molecule has 5 nitrogen and oxygen atoms in total. The van der Waals surface area contributed by atoms with Crippen LogP contribution >= 0.6 is 11.8 Å². The van der Waals surface area contributed by atoms with Crippen LogP contribution in [0.4, 0.5) is 0 Å². The predicted molar refractivity (Wildman–Crippen MR) is 101 cm³/mol. The molecule has 6 heteroatoms. The zero-order valence-electron chi connectivity index (χ0n) is 14.5. The van der Waals surface area contributed by atoms with Crippen LogP contribution in [-0.4, -0.2) is 39.8 Å². The maximum absolute atomic E-state index is 12.1. The first-order chi connectivity index (χ1) is 11.5. The van der Waals surface area contributed by atoms with E-state index in [-0.39, 0.29) is 11.9 Å². The topological polar surface area (TPSA) is 72.9 Å². The number of aromatic nitrogens is 2. The van der Waals surface area contributed by atoms with Crippen molar-refractivity contribution in [3.8, 4) is 5.69 Å². The highest BCUT2D eigenvalue weighted by atomic mass is 32.2. The van der Waals surface area contributed by atoms with Crippen LogP contribution in [0.15, 0.2) is 36.4 Å². The van der Waals surface area contributed by atoms with Crippen molar-refractivity contribution in [3.05, 3.63) is 47.8 Å². The first-order valence-corrected chi connectivity index (χ1v) is 9.56. The Kier molecular flexibility index (Phi) is 6.87. The summed E-state index contributed by atoms with van der Waals surface area (Å²) in [6, 6.07) is 11.6. The second kappa shape index (κ2) is 8.89. The molecule has 0 saturated carbocycles. The van der Waals surface area contributed by atoms with Gasteiger partial charge in [0, 0.05) is 18.2 Å². The van der Waals surface area contributed by atoms with Crippen molar-refractivity contribution in [2.24, 2.45) is 5.73 Å². The van der Waals surface area contributed by atoms with Gasteiger partial charge in [-0.2, -0.15) is 16.9 Å². The van der Waals surface area contributed by atoms with Gasteiger partial charge in [-0.15, -0.1) is 0 Å². The number of benzene rings is 1. The average molecular weight is 347 g/mol. The number of amides is 1. The van der Waals surface area contributed by atoms with Crippen molar-refractivity contribution in [3.63, 3.8) is 0 Å². The number of thioether (sulfide) groups is 1. The quantitative estimate of drug-likeness (QED) is 0.769. The monoisotopic (exact) mass is 346 g/mol. The van der Waals surface area contributed by atoms with Crippen molar-refractivity contribution in [1.29, 1.82) is 0 Å². The molecule has 0 aliphatic heterocycles. The number of nitrogens with zero attached hydrogens (tertiary/aromatic N) is 2. The van der Waals surface area contributed by atoms with Crippen molar-refractivity contribution >= 4 is 17.7 Å². The summed E-state index contributed by atoms with van der Waals surface area (Å²) in [5, 5.41) is 7.58. The number of para-hydroxylation sites is 1. The largest absolute Gasteiger partial charge is 0.352 e. The van der Waals surface area contributed by atoms with E-state index in [0.29, 0.717) is 12.8 Å². The van der Waals surface area contributed by atoms with Gasteiger partial charge in [0.05, 0.1) is 17.4 Å². The fraction of sp³-hybridized carbons (Fsp3) is 0.444. The van der Waals surface area contributed by atoms with Crippen LogP contribution in [0.3, 0.4) is 0 Å². The minimum Gasteiger partial charge on any atom is -0.352 e. The van der Waals surface area contributed by atoms with E-state index in [2.05, 4.69) is 16.5 Å². The summed E-state index contributed by atoms with van der Waals surface area (Å²) in [6.45, 7) is 3.97. The first kappa shape index (κ1) is 18.5. The maximum atomic E-state index is 12.1. The summed E-state index contributed by atoms with van der Waals surface area (Å²) in [5.41, 5.74) is 8.99. The lowest BCUT2D eigenvalue weighted by Gasteiger charge is -2.18. The molecule has 24 heavy (non-hydrogen) atoms. The summed E-state index contributed by atoms with van der Waals surface area (Å²) in [7, 11) is 0. The van der Waals surface area contributed by atoms with Crippen LogP contribution in [0.2, 0.25) is 0 Å². The van der Waals surface area contributed by atoms with Gasteiger partial charge >= 0.3 is 0 Å². The molecular weight excluding hydrogens is 320 g/mol. The molecule has 0 bridgehead atoms. The lowest BCUT2D eigenvalue weighted by molar-refractivity contribution is -0.123. The minimum absolute atomic E-state index is 0.00334. The molecule has 1 heterocycles. The van der Waals surface area contributed by atoms with Crippen LogP contribution in [0, 0.1) is 6.92 Å². The normalized spacial score (nSPS) is 13.5. The minimum atomic E-state index is -0.444. The third kappa shape index (κ3) is 5.11. The van der Waals surface area contributed by atoms with Crippen LogP contribution in [0.25, 0.3) is 5.69 Å². The standard InChI is InChI=1S/C18H26N4OS/c1-13(20-18(23)17(19)9-10-24-3)11-16-12-14(2)21-22(16)15-7-5-4-6-8-15/h4-8,12-13,17H,9-11,19H2,1-3H3,(H,20,23). The van der Waals surface area contributed by atoms with E-state index < -0.39 is 6.04 Å². The highest BCUT2D eigenvalue weighted by Crippen LogP contribution is 2.14. The Morgan fingerprint density at radius 2 is 2.08 bits per heavy atom.